The molecular formula is C35H39N3O4S. The van der Waals surface area contributed by atoms with Gasteiger partial charge in [0.05, 0.1) is 11.4 Å². The molecule has 8 heteroatoms. The Morgan fingerprint density at radius 3 is 2.23 bits per heavy atom. The largest absolute Gasteiger partial charge is 0.352 e. The van der Waals surface area contributed by atoms with Crippen LogP contribution in [-0.2, 0) is 32.6 Å². The van der Waals surface area contributed by atoms with Crippen LogP contribution >= 0.6 is 0 Å². The molecule has 0 spiro atoms. The molecule has 1 fully saturated rings. The zero-order valence-corrected chi connectivity index (χ0v) is 25.6. The molecule has 224 valence electrons. The van der Waals surface area contributed by atoms with Gasteiger partial charge in [0.2, 0.25) is 21.8 Å². The van der Waals surface area contributed by atoms with Crippen LogP contribution in [-0.4, -0.2) is 55.1 Å². The molecule has 4 aromatic carbocycles. The third-order valence-electron chi connectivity index (χ3n) is 8.36. The van der Waals surface area contributed by atoms with E-state index in [1.807, 2.05) is 85.8 Å². The van der Waals surface area contributed by atoms with Gasteiger partial charge in [-0.2, -0.15) is 4.31 Å². The SMILES string of the molecule is Cc1ccccc1CN(C(=O)CN(C)S(=O)(=O)c1ccc2ccccc2c1)C(Cc1ccccc1)C(=O)NC1CCCC1. The van der Waals surface area contributed by atoms with E-state index >= 15 is 0 Å². The van der Waals surface area contributed by atoms with E-state index < -0.39 is 28.5 Å². The zero-order chi connectivity index (χ0) is 30.4. The summed E-state index contributed by atoms with van der Waals surface area (Å²) in [6.45, 7) is 1.76. The van der Waals surface area contributed by atoms with E-state index in [0.29, 0.717) is 6.42 Å². The van der Waals surface area contributed by atoms with Crippen LogP contribution < -0.4 is 5.32 Å². The van der Waals surface area contributed by atoms with Crippen LogP contribution in [0, 0.1) is 6.92 Å². The van der Waals surface area contributed by atoms with Crippen molar-refractivity contribution in [3.8, 4) is 0 Å². The first-order valence-electron chi connectivity index (χ1n) is 14.9. The number of hydrogen-bond acceptors (Lipinski definition) is 4. The first-order valence-corrected chi connectivity index (χ1v) is 16.3. The molecular weight excluding hydrogens is 558 g/mol. The number of carbonyl (C=O) groups excluding carboxylic acids is 2. The normalized spacial score (nSPS) is 14.6. The molecule has 1 unspecified atom stereocenters. The van der Waals surface area contributed by atoms with Gasteiger partial charge in [0, 0.05) is 26.1 Å². The number of likely N-dealkylation sites (N-methyl/N-ethyl adjacent to an activating group) is 1. The maximum Gasteiger partial charge on any atom is 0.243 e. The summed E-state index contributed by atoms with van der Waals surface area (Å²) in [5, 5.41) is 4.93. The Kier molecular flexibility index (Phi) is 9.58. The summed E-state index contributed by atoms with van der Waals surface area (Å²) < 4.78 is 28.4. The molecule has 1 aliphatic carbocycles. The fraction of sp³-hybridized carbons (Fsp3) is 0.314. The third kappa shape index (κ3) is 7.32. The Bertz CT molecular complexity index is 1680. The Hall–Kier alpha value is -4.01. The van der Waals surface area contributed by atoms with Gasteiger partial charge in [0.15, 0.2) is 0 Å². The van der Waals surface area contributed by atoms with Crippen molar-refractivity contribution in [2.75, 3.05) is 13.6 Å². The highest BCUT2D eigenvalue weighted by molar-refractivity contribution is 7.89. The number of nitrogens with zero attached hydrogens (tertiary/aromatic N) is 2. The molecule has 0 saturated heterocycles. The van der Waals surface area contributed by atoms with Gasteiger partial charge in [0.25, 0.3) is 0 Å². The number of aryl methyl sites for hydroxylation is 1. The van der Waals surface area contributed by atoms with E-state index in [1.165, 1.54) is 7.05 Å². The molecule has 0 bridgehead atoms. The summed E-state index contributed by atoms with van der Waals surface area (Å²) in [5.74, 6) is -0.643. The topological polar surface area (TPSA) is 86.8 Å². The average molecular weight is 598 g/mol. The number of rotatable bonds is 11. The van der Waals surface area contributed by atoms with Gasteiger partial charge in [-0.3, -0.25) is 9.59 Å². The number of hydrogen-bond donors (Lipinski definition) is 1. The van der Waals surface area contributed by atoms with Crippen molar-refractivity contribution in [1.82, 2.24) is 14.5 Å². The van der Waals surface area contributed by atoms with Gasteiger partial charge < -0.3 is 10.2 Å². The maximum atomic E-state index is 14.2. The second kappa shape index (κ2) is 13.5. The summed E-state index contributed by atoms with van der Waals surface area (Å²) in [6.07, 6.45) is 4.29. The Balaban J connectivity index is 1.46. The summed E-state index contributed by atoms with van der Waals surface area (Å²) in [6, 6.07) is 29.2. The molecule has 1 N–H and O–H groups in total. The molecule has 0 aliphatic heterocycles. The van der Waals surface area contributed by atoms with E-state index in [-0.39, 0.29) is 23.4 Å². The van der Waals surface area contributed by atoms with Crippen LogP contribution in [0.15, 0.2) is 102 Å². The van der Waals surface area contributed by atoms with Gasteiger partial charge in [-0.15, -0.1) is 0 Å². The Morgan fingerprint density at radius 2 is 1.51 bits per heavy atom. The van der Waals surface area contributed by atoms with Crippen LogP contribution in [0.2, 0.25) is 0 Å². The number of fused-ring (bicyclic) bond motifs is 1. The van der Waals surface area contributed by atoms with Crippen molar-refractivity contribution in [2.24, 2.45) is 0 Å². The van der Waals surface area contributed by atoms with Crippen LogP contribution in [0.3, 0.4) is 0 Å². The van der Waals surface area contributed by atoms with Crippen molar-refractivity contribution >= 4 is 32.6 Å². The highest BCUT2D eigenvalue weighted by atomic mass is 32.2. The highest BCUT2D eigenvalue weighted by Crippen LogP contribution is 2.23. The van der Waals surface area contributed by atoms with Crippen LogP contribution in [0.5, 0.6) is 0 Å². The third-order valence-corrected chi connectivity index (χ3v) is 10.2. The average Bonchev–Trinajstić information content (AvgIpc) is 3.53. The minimum atomic E-state index is -3.98. The summed E-state index contributed by atoms with van der Waals surface area (Å²) in [5.41, 5.74) is 2.82. The standard InChI is InChI=1S/C35H39N3O4S/c1-26-12-6-7-17-30(26)24-38(33(22-27-13-4-3-5-14-27)35(40)36-31-18-10-11-19-31)34(39)25-37(2)43(41,42)32-21-20-28-15-8-9-16-29(28)23-32/h3-9,12-17,20-21,23,31,33H,10-11,18-19,22,24-25H2,1-2H3,(H,36,40). The van der Waals surface area contributed by atoms with Crippen LogP contribution in [0.4, 0.5) is 0 Å². The van der Waals surface area contributed by atoms with Gasteiger partial charge in [-0.1, -0.05) is 97.8 Å². The predicted octanol–water partition coefficient (Wildman–Crippen LogP) is 5.47. The lowest BCUT2D eigenvalue weighted by molar-refractivity contribution is -0.141. The second-order valence-electron chi connectivity index (χ2n) is 11.4. The molecule has 0 heterocycles. The van der Waals surface area contributed by atoms with E-state index in [9.17, 15) is 18.0 Å². The number of benzene rings is 4. The Morgan fingerprint density at radius 1 is 0.860 bits per heavy atom. The molecule has 5 rings (SSSR count). The second-order valence-corrected chi connectivity index (χ2v) is 13.5. The lowest BCUT2D eigenvalue weighted by Crippen LogP contribution is -2.54. The molecule has 0 radical (unpaired) electrons. The lowest BCUT2D eigenvalue weighted by atomic mass is 10.0. The van der Waals surface area contributed by atoms with Crippen molar-refractivity contribution in [1.29, 1.82) is 0 Å². The van der Waals surface area contributed by atoms with E-state index in [2.05, 4.69) is 5.32 Å². The predicted molar refractivity (Wildman–Crippen MR) is 170 cm³/mol. The minimum Gasteiger partial charge on any atom is -0.352 e. The van der Waals surface area contributed by atoms with E-state index in [1.54, 1.807) is 23.1 Å². The van der Waals surface area contributed by atoms with Crippen LogP contribution in [0.1, 0.15) is 42.4 Å². The summed E-state index contributed by atoms with van der Waals surface area (Å²) in [7, 11) is -2.56. The summed E-state index contributed by atoms with van der Waals surface area (Å²) >= 11 is 0. The first kappa shape index (κ1) is 30.4. The molecule has 0 aromatic heterocycles. The van der Waals surface area contributed by atoms with Crippen LogP contribution in [0.25, 0.3) is 10.8 Å². The minimum absolute atomic E-state index is 0.0807. The van der Waals surface area contributed by atoms with E-state index in [0.717, 1.165) is 57.5 Å². The van der Waals surface area contributed by atoms with E-state index in [4.69, 9.17) is 0 Å². The Labute approximate surface area is 254 Å². The number of nitrogens with one attached hydrogen (secondary N) is 1. The number of carbonyl (C=O) groups is 2. The molecule has 1 aliphatic rings. The molecule has 4 aromatic rings. The number of amides is 2. The van der Waals surface area contributed by atoms with Crippen molar-refractivity contribution in [3.63, 3.8) is 0 Å². The molecule has 43 heavy (non-hydrogen) atoms. The quantitative estimate of drug-likeness (QED) is 0.249. The van der Waals surface area contributed by atoms with Gasteiger partial charge in [0.1, 0.15) is 6.04 Å². The zero-order valence-electron chi connectivity index (χ0n) is 24.8. The number of sulfonamides is 1. The fourth-order valence-electron chi connectivity index (χ4n) is 5.77. The summed E-state index contributed by atoms with van der Waals surface area (Å²) in [4.78, 5) is 29.8. The highest BCUT2D eigenvalue weighted by Gasteiger charge is 2.34. The molecule has 7 nitrogen and oxygen atoms in total. The maximum absolute atomic E-state index is 14.2. The molecule has 1 atom stereocenters. The lowest BCUT2D eigenvalue weighted by Gasteiger charge is -2.33. The van der Waals surface area contributed by atoms with Gasteiger partial charge in [-0.25, -0.2) is 8.42 Å². The van der Waals surface area contributed by atoms with Gasteiger partial charge >= 0.3 is 0 Å². The molecule has 1 saturated carbocycles. The monoisotopic (exact) mass is 597 g/mol. The molecule has 2 amide bonds. The van der Waals surface area contributed by atoms with Crippen molar-refractivity contribution < 1.29 is 18.0 Å². The first-order chi connectivity index (χ1) is 20.7. The smallest absolute Gasteiger partial charge is 0.243 e. The fourth-order valence-corrected chi connectivity index (χ4v) is 6.92. The van der Waals surface area contributed by atoms with Crippen molar-refractivity contribution in [3.05, 3.63) is 114 Å². The van der Waals surface area contributed by atoms with Crippen molar-refractivity contribution in [2.45, 2.75) is 62.6 Å². The van der Waals surface area contributed by atoms with Gasteiger partial charge in [-0.05, 0) is 59.4 Å².